The van der Waals surface area contributed by atoms with Crippen LogP contribution in [0.4, 0.5) is 5.69 Å². The van der Waals surface area contributed by atoms with Crippen molar-refractivity contribution in [3.05, 3.63) is 21.6 Å². The maximum Gasteiger partial charge on any atom is 0.168 e. The molecule has 0 amide bonds. The molecule has 0 heterocycles. The highest BCUT2D eigenvalue weighted by Gasteiger charge is 2.07. The molecule has 1 aromatic carbocycles. The van der Waals surface area contributed by atoms with E-state index < -0.39 is 0 Å². The minimum absolute atomic E-state index is 0.0252. The summed E-state index contributed by atoms with van der Waals surface area (Å²) in [5, 5.41) is 12.6. The summed E-state index contributed by atoms with van der Waals surface area (Å²) < 4.78 is 0.485. The molecular weight excluding hydrogens is 276 g/mol. The first kappa shape index (κ1) is 10.6. The Labute approximate surface area is 94.0 Å². The van der Waals surface area contributed by atoms with Gasteiger partial charge in [-0.3, -0.25) is 0 Å². The molecule has 0 aliphatic rings. The summed E-state index contributed by atoms with van der Waals surface area (Å²) in [4.78, 5) is 0. The van der Waals surface area contributed by atoms with Crippen molar-refractivity contribution in [2.75, 3.05) is 5.32 Å². The summed E-state index contributed by atoms with van der Waals surface area (Å²) in [5.74, 6) is 0.0252. The molecule has 0 atom stereocenters. The van der Waals surface area contributed by atoms with Gasteiger partial charge in [-0.2, -0.15) is 0 Å². The van der Waals surface area contributed by atoms with Gasteiger partial charge in [0.2, 0.25) is 0 Å². The Morgan fingerprint density at radius 2 is 2.23 bits per heavy atom. The molecule has 70 valence electrons. The molecule has 1 aromatic rings. The van der Waals surface area contributed by atoms with E-state index in [0.717, 1.165) is 0 Å². The Morgan fingerprint density at radius 1 is 1.62 bits per heavy atom. The van der Waals surface area contributed by atoms with Gasteiger partial charge in [-0.05, 0) is 40.3 Å². The van der Waals surface area contributed by atoms with Gasteiger partial charge < -0.3 is 16.2 Å². The smallest absolute Gasteiger partial charge is 0.168 e. The Morgan fingerprint density at radius 3 is 2.77 bits per heavy atom. The monoisotopic (exact) mass is 280 g/mol. The van der Waals surface area contributed by atoms with Crippen molar-refractivity contribution in [3.63, 3.8) is 0 Å². The third-order valence-electron chi connectivity index (χ3n) is 1.29. The van der Waals surface area contributed by atoms with E-state index in [4.69, 9.17) is 17.3 Å². The van der Waals surface area contributed by atoms with Crippen LogP contribution in [0.3, 0.4) is 0 Å². The minimum atomic E-state index is 0.0252. The van der Waals surface area contributed by atoms with Crippen LogP contribution >= 0.6 is 39.7 Å². The average molecular weight is 282 g/mol. The van der Waals surface area contributed by atoms with E-state index in [0.29, 0.717) is 15.2 Å². The molecule has 0 aromatic heterocycles. The zero-order valence-electron chi connectivity index (χ0n) is 6.34. The Balaban J connectivity index is 3.12. The number of hydrogen-bond donors (Lipinski definition) is 3. The molecule has 0 aliphatic carbocycles. The Bertz CT molecular complexity index is 359. The fourth-order valence-corrected chi connectivity index (χ4v) is 1.71. The van der Waals surface area contributed by atoms with Gasteiger partial charge in [0.1, 0.15) is 0 Å². The molecule has 0 fully saturated rings. The quantitative estimate of drug-likeness (QED) is 0.547. The Kier molecular flexibility index (Phi) is 3.35. The van der Waals surface area contributed by atoms with E-state index >= 15 is 0 Å². The van der Waals surface area contributed by atoms with E-state index in [2.05, 4.69) is 33.5 Å². The highest BCUT2D eigenvalue weighted by atomic mass is 79.9. The number of thiocarbonyl (C=S) groups is 1. The number of benzene rings is 1. The summed E-state index contributed by atoms with van der Waals surface area (Å²) in [6.07, 6.45) is 0. The lowest BCUT2D eigenvalue weighted by Gasteiger charge is -2.08. The van der Waals surface area contributed by atoms with Crippen LogP contribution in [0.2, 0.25) is 5.02 Å². The molecular formula is C7H6BrClN2OS. The van der Waals surface area contributed by atoms with Crippen LogP contribution in [0.25, 0.3) is 0 Å². The molecule has 0 bridgehead atoms. The number of aromatic hydroxyl groups is 1. The number of rotatable bonds is 1. The van der Waals surface area contributed by atoms with Crippen molar-refractivity contribution in [1.82, 2.24) is 0 Å². The van der Waals surface area contributed by atoms with Gasteiger partial charge in [0, 0.05) is 5.02 Å². The van der Waals surface area contributed by atoms with Crippen molar-refractivity contribution in [1.29, 1.82) is 0 Å². The summed E-state index contributed by atoms with van der Waals surface area (Å²) in [6, 6.07) is 3.10. The van der Waals surface area contributed by atoms with Crippen molar-refractivity contribution < 1.29 is 5.11 Å². The summed E-state index contributed by atoms with van der Waals surface area (Å²) in [7, 11) is 0. The second-order valence-electron chi connectivity index (χ2n) is 2.27. The predicted octanol–water partition coefficient (Wildman–Crippen LogP) is 2.46. The van der Waals surface area contributed by atoms with E-state index in [1.807, 2.05) is 0 Å². The standard InChI is InChI=1S/C7H6BrClN2OS/c8-4-1-3(9)2-5(6(4)12)11-7(10)13/h1-2,12H,(H3,10,11,13). The summed E-state index contributed by atoms with van der Waals surface area (Å²) in [6.45, 7) is 0. The number of anilines is 1. The largest absolute Gasteiger partial charge is 0.505 e. The molecule has 0 saturated carbocycles. The van der Waals surface area contributed by atoms with Gasteiger partial charge in [0.15, 0.2) is 10.9 Å². The SMILES string of the molecule is NC(=S)Nc1cc(Cl)cc(Br)c1O. The lowest BCUT2D eigenvalue weighted by molar-refractivity contribution is 0.474. The fraction of sp³-hybridized carbons (Fsp3) is 0. The van der Waals surface area contributed by atoms with E-state index in [-0.39, 0.29) is 10.9 Å². The second kappa shape index (κ2) is 4.13. The molecule has 6 heteroatoms. The number of phenols is 1. The molecule has 1 rings (SSSR count). The number of hydrogen-bond acceptors (Lipinski definition) is 2. The van der Waals surface area contributed by atoms with Gasteiger partial charge in [-0.25, -0.2) is 0 Å². The second-order valence-corrected chi connectivity index (χ2v) is 4.00. The zero-order chi connectivity index (χ0) is 10.0. The van der Waals surface area contributed by atoms with Crippen LogP contribution in [0.1, 0.15) is 0 Å². The van der Waals surface area contributed by atoms with Crippen LogP contribution in [-0.4, -0.2) is 10.2 Å². The third kappa shape index (κ3) is 2.72. The molecule has 0 radical (unpaired) electrons. The van der Waals surface area contributed by atoms with Crippen molar-refractivity contribution in [3.8, 4) is 5.75 Å². The van der Waals surface area contributed by atoms with Gasteiger partial charge in [-0.1, -0.05) is 11.6 Å². The molecule has 3 nitrogen and oxygen atoms in total. The molecule has 0 unspecified atom stereocenters. The van der Waals surface area contributed by atoms with E-state index in [9.17, 15) is 5.11 Å². The molecule has 0 saturated heterocycles. The first-order valence-electron chi connectivity index (χ1n) is 3.25. The molecule has 0 spiro atoms. The summed E-state index contributed by atoms with van der Waals surface area (Å²) >= 11 is 13.5. The topological polar surface area (TPSA) is 58.3 Å². The van der Waals surface area contributed by atoms with Crippen molar-refractivity contribution in [2.45, 2.75) is 0 Å². The van der Waals surface area contributed by atoms with Gasteiger partial charge in [-0.15, -0.1) is 0 Å². The van der Waals surface area contributed by atoms with Gasteiger partial charge in [0.05, 0.1) is 10.2 Å². The lowest BCUT2D eigenvalue weighted by Crippen LogP contribution is -2.18. The molecule has 0 aliphatic heterocycles. The molecule has 4 N–H and O–H groups in total. The predicted molar refractivity (Wildman–Crippen MR) is 61.2 cm³/mol. The summed E-state index contributed by atoms with van der Waals surface area (Å²) in [5.41, 5.74) is 5.63. The van der Waals surface area contributed by atoms with Crippen LogP contribution in [-0.2, 0) is 0 Å². The minimum Gasteiger partial charge on any atom is -0.505 e. The first-order chi connectivity index (χ1) is 6.00. The van der Waals surface area contributed by atoms with E-state index in [1.54, 1.807) is 6.07 Å². The molecule has 13 heavy (non-hydrogen) atoms. The van der Waals surface area contributed by atoms with Crippen LogP contribution in [0.5, 0.6) is 5.75 Å². The number of nitrogens with two attached hydrogens (primary N) is 1. The highest BCUT2D eigenvalue weighted by Crippen LogP contribution is 2.35. The first-order valence-corrected chi connectivity index (χ1v) is 4.83. The third-order valence-corrected chi connectivity index (χ3v) is 2.21. The number of nitrogens with one attached hydrogen (secondary N) is 1. The Hall–Kier alpha value is -0.520. The lowest BCUT2D eigenvalue weighted by atomic mass is 10.3. The maximum absolute atomic E-state index is 9.49. The maximum atomic E-state index is 9.49. The van der Waals surface area contributed by atoms with Gasteiger partial charge >= 0.3 is 0 Å². The van der Waals surface area contributed by atoms with E-state index in [1.165, 1.54) is 6.07 Å². The van der Waals surface area contributed by atoms with Crippen molar-refractivity contribution >= 4 is 50.5 Å². The van der Waals surface area contributed by atoms with Crippen LogP contribution in [0, 0.1) is 0 Å². The fourth-order valence-electron chi connectivity index (χ4n) is 0.794. The van der Waals surface area contributed by atoms with Gasteiger partial charge in [0.25, 0.3) is 0 Å². The normalized spacial score (nSPS) is 9.69. The van der Waals surface area contributed by atoms with Crippen LogP contribution < -0.4 is 11.1 Å². The van der Waals surface area contributed by atoms with Crippen molar-refractivity contribution in [2.24, 2.45) is 5.73 Å². The highest BCUT2D eigenvalue weighted by molar-refractivity contribution is 9.10. The average Bonchev–Trinajstić information content (AvgIpc) is 1.98. The zero-order valence-corrected chi connectivity index (χ0v) is 9.50. The van der Waals surface area contributed by atoms with Crippen LogP contribution in [0.15, 0.2) is 16.6 Å². The number of halogens is 2. The number of phenolic OH excluding ortho intramolecular Hbond substituents is 1.